The largest absolute Gasteiger partial charge is 0.383 e. The Balaban J connectivity index is 2.01. The first-order valence-electron chi connectivity index (χ1n) is 8.71. The van der Waals surface area contributed by atoms with Gasteiger partial charge in [0.05, 0.1) is 25.9 Å². The van der Waals surface area contributed by atoms with E-state index in [-0.39, 0.29) is 12.1 Å². The van der Waals surface area contributed by atoms with Gasteiger partial charge in [0.25, 0.3) is 0 Å². The van der Waals surface area contributed by atoms with Gasteiger partial charge < -0.3 is 25.0 Å². The fraction of sp³-hybridized carbons (Fsp3) is 0.611. The van der Waals surface area contributed by atoms with Crippen molar-refractivity contribution < 1.29 is 14.3 Å². The summed E-state index contributed by atoms with van der Waals surface area (Å²) in [6.07, 6.45) is 0. The van der Waals surface area contributed by atoms with Crippen LogP contribution in [0, 0.1) is 0 Å². The fourth-order valence-electron chi connectivity index (χ4n) is 2.86. The zero-order valence-corrected chi connectivity index (χ0v) is 15.5. The van der Waals surface area contributed by atoms with E-state index in [1.807, 2.05) is 14.1 Å². The Morgan fingerprint density at radius 3 is 2.52 bits per heavy atom. The van der Waals surface area contributed by atoms with Crippen LogP contribution in [0.1, 0.15) is 11.6 Å². The third-order valence-electron chi connectivity index (χ3n) is 4.33. The number of ether oxygens (including phenoxy) is 2. The molecular weight excluding hydrogens is 320 g/mol. The first kappa shape index (κ1) is 19.5. The van der Waals surface area contributed by atoms with Gasteiger partial charge in [0.15, 0.2) is 0 Å². The van der Waals surface area contributed by atoms with Crippen LogP contribution >= 0.6 is 0 Å². The molecule has 2 amide bonds. The molecule has 7 nitrogen and oxygen atoms in total. The van der Waals surface area contributed by atoms with Crippen molar-refractivity contribution in [3.63, 3.8) is 0 Å². The summed E-state index contributed by atoms with van der Waals surface area (Å²) in [4.78, 5) is 16.4. The standard InChI is InChI=1S/C18H30N4O3/c1-21(2)16-6-4-15(5-7-16)17(22-9-12-25-13-10-22)14-20-18(23)19-8-11-24-3/h4-7,17H,8-14H2,1-3H3,(H2,19,20,23). The molecule has 1 fully saturated rings. The number of morpholine rings is 1. The van der Waals surface area contributed by atoms with E-state index in [4.69, 9.17) is 9.47 Å². The summed E-state index contributed by atoms with van der Waals surface area (Å²) in [5.41, 5.74) is 2.36. The van der Waals surface area contributed by atoms with E-state index < -0.39 is 0 Å². The van der Waals surface area contributed by atoms with Crippen LogP contribution in [0.15, 0.2) is 24.3 Å². The van der Waals surface area contributed by atoms with Crippen molar-refractivity contribution >= 4 is 11.7 Å². The molecule has 0 bridgehead atoms. The predicted molar refractivity (Wildman–Crippen MR) is 99.2 cm³/mol. The molecule has 140 valence electrons. The molecule has 1 saturated heterocycles. The smallest absolute Gasteiger partial charge is 0.314 e. The molecule has 25 heavy (non-hydrogen) atoms. The van der Waals surface area contributed by atoms with Crippen molar-refractivity contribution in [1.82, 2.24) is 15.5 Å². The first-order chi connectivity index (χ1) is 12.1. The summed E-state index contributed by atoms with van der Waals surface area (Å²) in [6.45, 7) is 4.76. The predicted octanol–water partition coefficient (Wildman–Crippen LogP) is 1.07. The Bertz CT molecular complexity index is 516. The lowest BCUT2D eigenvalue weighted by Crippen LogP contribution is -2.46. The quantitative estimate of drug-likeness (QED) is 0.687. The maximum Gasteiger partial charge on any atom is 0.314 e. The normalized spacial score (nSPS) is 16.3. The minimum Gasteiger partial charge on any atom is -0.383 e. The minimum atomic E-state index is -0.166. The molecule has 1 atom stereocenters. The molecule has 0 spiro atoms. The molecule has 0 saturated carbocycles. The van der Waals surface area contributed by atoms with Crippen molar-refractivity contribution in [2.45, 2.75) is 6.04 Å². The number of hydrogen-bond donors (Lipinski definition) is 2. The molecule has 2 rings (SSSR count). The third kappa shape index (κ3) is 6.19. The van der Waals surface area contributed by atoms with Gasteiger partial charge in [-0.3, -0.25) is 4.90 Å². The lowest BCUT2D eigenvalue weighted by atomic mass is 10.0. The molecule has 0 radical (unpaired) electrons. The molecule has 7 heteroatoms. The number of anilines is 1. The minimum absolute atomic E-state index is 0.133. The number of methoxy groups -OCH3 is 1. The third-order valence-corrected chi connectivity index (χ3v) is 4.33. The van der Waals surface area contributed by atoms with Gasteiger partial charge in [0, 0.05) is 53.1 Å². The topological polar surface area (TPSA) is 66.1 Å². The number of rotatable bonds is 8. The highest BCUT2D eigenvalue weighted by Crippen LogP contribution is 2.23. The van der Waals surface area contributed by atoms with Crippen LogP contribution < -0.4 is 15.5 Å². The summed E-state index contributed by atoms with van der Waals surface area (Å²) in [5.74, 6) is 0. The SMILES string of the molecule is COCCNC(=O)NCC(c1ccc(N(C)C)cc1)N1CCOCC1. The number of nitrogens with zero attached hydrogens (tertiary/aromatic N) is 2. The Morgan fingerprint density at radius 2 is 1.92 bits per heavy atom. The molecule has 2 N–H and O–H groups in total. The van der Waals surface area contributed by atoms with Crippen molar-refractivity contribution in [2.75, 3.05) is 72.1 Å². The Hall–Kier alpha value is -1.83. The van der Waals surface area contributed by atoms with Crippen LogP contribution in [0.2, 0.25) is 0 Å². The van der Waals surface area contributed by atoms with E-state index in [2.05, 4.69) is 44.7 Å². The number of carbonyl (C=O) groups is 1. The van der Waals surface area contributed by atoms with Gasteiger partial charge in [-0.2, -0.15) is 0 Å². The van der Waals surface area contributed by atoms with E-state index in [1.54, 1.807) is 7.11 Å². The number of nitrogens with one attached hydrogen (secondary N) is 2. The second-order valence-corrected chi connectivity index (χ2v) is 6.28. The van der Waals surface area contributed by atoms with Crippen molar-refractivity contribution in [3.05, 3.63) is 29.8 Å². The highest BCUT2D eigenvalue weighted by Gasteiger charge is 2.23. The highest BCUT2D eigenvalue weighted by atomic mass is 16.5. The van der Waals surface area contributed by atoms with Crippen LogP contribution in [0.4, 0.5) is 10.5 Å². The van der Waals surface area contributed by atoms with E-state index >= 15 is 0 Å². The number of urea groups is 1. The number of carbonyl (C=O) groups excluding carboxylic acids is 1. The van der Waals surface area contributed by atoms with Crippen molar-refractivity contribution in [2.24, 2.45) is 0 Å². The molecule has 1 heterocycles. The Labute approximate surface area is 150 Å². The second kappa shape index (κ2) is 10.2. The van der Waals surface area contributed by atoms with Gasteiger partial charge in [0.1, 0.15) is 0 Å². The van der Waals surface area contributed by atoms with Crippen molar-refractivity contribution in [3.8, 4) is 0 Å². The fourth-order valence-corrected chi connectivity index (χ4v) is 2.86. The monoisotopic (exact) mass is 350 g/mol. The summed E-state index contributed by atoms with van der Waals surface area (Å²) in [6, 6.07) is 8.47. The van der Waals surface area contributed by atoms with E-state index in [9.17, 15) is 4.79 Å². The second-order valence-electron chi connectivity index (χ2n) is 6.28. The van der Waals surface area contributed by atoms with Crippen LogP contribution in [0.3, 0.4) is 0 Å². The summed E-state index contributed by atoms with van der Waals surface area (Å²) >= 11 is 0. The Kier molecular flexibility index (Phi) is 7.97. The average Bonchev–Trinajstić information content (AvgIpc) is 2.63. The van der Waals surface area contributed by atoms with Gasteiger partial charge >= 0.3 is 6.03 Å². The number of amides is 2. The molecule has 1 aromatic carbocycles. The molecule has 0 aromatic heterocycles. The zero-order valence-electron chi connectivity index (χ0n) is 15.5. The lowest BCUT2D eigenvalue weighted by molar-refractivity contribution is 0.0167. The average molecular weight is 350 g/mol. The van der Waals surface area contributed by atoms with Crippen LogP contribution in [-0.2, 0) is 9.47 Å². The van der Waals surface area contributed by atoms with Gasteiger partial charge in [-0.15, -0.1) is 0 Å². The molecule has 1 aliphatic heterocycles. The molecule has 1 aromatic rings. The number of hydrogen-bond acceptors (Lipinski definition) is 5. The molecule has 1 unspecified atom stereocenters. The maximum absolute atomic E-state index is 12.0. The molecule has 1 aliphatic rings. The lowest BCUT2D eigenvalue weighted by Gasteiger charge is -2.35. The van der Waals surface area contributed by atoms with Gasteiger partial charge in [-0.05, 0) is 17.7 Å². The van der Waals surface area contributed by atoms with E-state index in [0.717, 1.165) is 32.0 Å². The summed E-state index contributed by atoms with van der Waals surface area (Å²) < 4.78 is 10.4. The van der Waals surface area contributed by atoms with Gasteiger partial charge in [0.2, 0.25) is 0 Å². The van der Waals surface area contributed by atoms with Crippen molar-refractivity contribution in [1.29, 1.82) is 0 Å². The van der Waals surface area contributed by atoms with Crippen LogP contribution in [-0.4, -0.2) is 78.1 Å². The van der Waals surface area contributed by atoms with Crippen LogP contribution in [0.5, 0.6) is 0 Å². The van der Waals surface area contributed by atoms with Gasteiger partial charge in [-0.1, -0.05) is 12.1 Å². The van der Waals surface area contributed by atoms with Gasteiger partial charge in [-0.25, -0.2) is 4.79 Å². The summed E-state index contributed by atoms with van der Waals surface area (Å²) in [7, 11) is 5.67. The highest BCUT2D eigenvalue weighted by molar-refractivity contribution is 5.73. The summed E-state index contributed by atoms with van der Waals surface area (Å²) in [5, 5.41) is 5.77. The zero-order chi connectivity index (χ0) is 18.1. The van der Waals surface area contributed by atoms with Crippen LogP contribution in [0.25, 0.3) is 0 Å². The molecular formula is C18H30N4O3. The van der Waals surface area contributed by atoms with E-state index in [1.165, 1.54) is 5.56 Å². The van der Waals surface area contributed by atoms with E-state index in [0.29, 0.717) is 19.7 Å². The molecule has 0 aliphatic carbocycles. The Morgan fingerprint density at radius 1 is 1.24 bits per heavy atom. The maximum atomic E-state index is 12.0. The number of benzene rings is 1. The first-order valence-corrected chi connectivity index (χ1v) is 8.71.